The lowest BCUT2D eigenvalue weighted by atomic mass is 10.6. The third kappa shape index (κ3) is 2.88. The molecule has 58 valence electrons. The van der Waals surface area contributed by atoms with Crippen molar-refractivity contribution in [2.24, 2.45) is 5.73 Å². The Kier molecular flexibility index (Phi) is 3.20. The van der Waals surface area contributed by atoms with Crippen molar-refractivity contribution in [2.75, 3.05) is 13.7 Å². The highest BCUT2D eigenvalue weighted by Crippen LogP contribution is 1.85. The quantitative estimate of drug-likeness (QED) is 0.502. The summed E-state index contributed by atoms with van der Waals surface area (Å²) in [5.41, 5.74) is 4.69. The van der Waals surface area contributed by atoms with Crippen molar-refractivity contribution in [1.82, 2.24) is 5.06 Å². The summed E-state index contributed by atoms with van der Waals surface area (Å²) in [6.07, 6.45) is 0. The lowest BCUT2D eigenvalue weighted by Gasteiger charge is -2.13. The monoisotopic (exact) mass is 148 g/mol. The molecule has 6 heteroatoms. The number of primary amides is 1. The maximum absolute atomic E-state index is 10.2. The number of hydrogen-bond donors (Lipinski definition) is 2. The lowest BCUT2D eigenvalue weighted by molar-refractivity contribution is -0.150. The summed E-state index contributed by atoms with van der Waals surface area (Å²) in [6.45, 7) is -0.550. The minimum Gasteiger partial charge on any atom is -0.480 e. The second kappa shape index (κ2) is 3.67. The first-order valence-electron chi connectivity index (χ1n) is 2.40. The molecule has 0 rings (SSSR count). The number of aliphatic carboxylic acids is 1. The second-order valence-electron chi connectivity index (χ2n) is 1.45. The van der Waals surface area contributed by atoms with Crippen LogP contribution in [0.2, 0.25) is 0 Å². The Hall–Kier alpha value is -1.30. The number of hydrogen-bond acceptors (Lipinski definition) is 3. The molecular formula is C4H8N2O4. The molecule has 0 saturated heterocycles. The molecule has 0 bridgehead atoms. The molecule has 0 aromatic rings. The van der Waals surface area contributed by atoms with Gasteiger partial charge in [-0.25, -0.2) is 4.79 Å². The molecule has 0 aliphatic heterocycles. The Bertz CT molecular complexity index is 146. The van der Waals surface area contributed by atoms with Gasteiger partial charge in [0, 0.05) is 0 Å². The van der Waals surface area contributed by atoms with E-state index in [4.69, 9.17) is 10.8 Å². The van der Waals surface area contributed by atoms with Gasteiger partial charge in [0.2, 0.25) is 0 Å². The number of rotatable bonds is 3. The van der Waals surface area contributed by atoms with Crippen LogP contribution < -0.4 is 5.73 Å². The van der Waals surface area contributed by atoms with Gasteiger partial charge in [-0.15, -0.1) is 0 Å². The van der Waals surface area contributed by atoms with E-state index in [2.05, 4.69) is 4.84 Å². The lowest BCUT2D eigenvalue weighted by Crippen LogP contribution is -2.38. The van der Waals surface area contributed by atoms with E-state index >= 15 is 0 Å². The predicted molar refractivity (Wildman–Crippen MR) is 30.9 cm³/mol. The molecule has 0 fully saturated rings. The third-order valence-corrected chi connectivity index (χ3v) is 0.745. The summed E-state index contributed by atoms with van der Waals surface area (Å²) in [5.74, 6) is -1.18. The summed E-state index contributed by atoms with van der Waals surface area (Å²) in [5, 5.41) is 8.66. The number of carbonyl (C=O) groups excluding carboxylic acids is 1. The van der Waals surface area contributed by atoms with E-state index in [9.17, 15) is 9.59 Å². The topological polar surface area (TPSA) is 92.9 Å². The van der Waals surface area contributed by atoms with Crippen molar-refractivity contribution in [3.8, 4) is 0 Å². The number of carboxylic acids is 1. The van der Waals surface area contributed by atoms with Crippen LogP contribution in [0.5, 0.6) is 0 Å². The first kappa shape index (κ1) is 8.70. The van der Waals surface area contributed by atoms with Crippen molar-refractivity contribution in [2.45, 2.75) is 0 Å². The summed E-state index contributed by atoms with van der Waals surface area (Å²) < 4.78 is 0. The Labute approximate surface area is 57.1 Å². The van der Waals surface area contributed by atoms with Gasteiger partial charge in [0.25, 0.3) is 0 Å². The van der Waals surface area contributed by atoms with Crippen molar-refractivity contribution in [3.63, 3.8) is 0 Å². The van der Waals surface area contributed by atoms with Crippen LogP contribution in [0.1, 0.15) is 0 Å². The second-order valence-corrected chi connectivity index (χ2v) is 1.45. The van der Waals surface area contributed by atoms with Crippen LogP contribution in [0.3, 0.4) is 0 Å². The number of hydroxylamine groups is 2. The molecule has 2 amide bonds. The normalized spacial score (nSPS) is 8.90. The standard InChI is InChI=1S/C4H8N2O4/c1-10-6(4(5)9)2-3(7)8/h2H2,1H3,(H2,5,9)(H,7,8). The number of nitrogens with zero attached hydrogens (tertiary/aromatic N) is 1. The molecule has 0 aromatic carbocycles. The number of carbonyl (C=O) groups is 2. The molecule has 10 heavy (non-hydrogen) atoms. The maximum Gasteiger partial charge on any atom is 0.339 e. The van der Waals surface area contributed by atoms with Gasteiger partial charge in [-0.05, 0) is 0 Å². The SMILES string of the molecule is CON(CC(=O)O)C(N)=O. The van der Waals surface area contributed by atoms with Crippen molar-refractivity contribution < 1.29 is 19.5 Å². The Morgan fingerprint density at radius 3 is 2.30 bits per heavy atom. The predicted octanol–water partition coefficient (Wildman–Crippen LogP) is -0.987. The fraction of sp³-hybridized carbons (Fsp3) is 0.500. The summed E-state index contributed by atoms with van der Waals surface area (Å²) in [6, 6.07) is -0.926. The minimum absolute atomic E-state index is 0.530. The molecule has 0 saturated carbocycles. The van der Waals surface area contributed by atoms with Crippen LogP contribution in [0, 0.1) is 0 Å². The van der Waals surface area contributed by atoms with Crippen molar-refractivity contribution >= 4 is 12.0 Å². The first-order chi connectivity index (χ1) is 4.57. The number of urea groups is 1. The molecular weight excluding hydrogens is 140 g/mol. The highest BCUT2D eigenvalue weighted by molar-refractivity contribution is 5.77. The number of carboxylic acid groups (broad SMARTS) is 1. The Morgan fingerprint density at radius 2 is 2.20 bits per heavy atom. The smallest absolute Gasteiger partial charge is 0.339 e. The Morgan fingerprint density at radius 1 is 1.70 bits per heavy atom. The molecule has 0 unspecified atom stereocenters. The molecule has 0 heterocycles. The summed E-state index contributed by atoms with van der Waals surface area (Å²) in [7, 11) is 1.16. The van der Waals surface area contributed by atoms with Gasteiger partial charge in [0.05, 0.1) is 7.11 Å². The summed E-state index contributed by atoms with van der Waals surface area (Å²) in [4.78, 5) is 24.5. The van der Waals surface area contributed by atoms with Gasteiger partial charge in [0.1, 0.15) is 6.54 Å². The van der Waals surface area contributed by atoms with Crippen molar-refractivity contribution in [3.05, 3.63) is 0 Å². The molecule has 0 radical (unpaired) electrons. The fourth-order valence-corrected chi connectivity index (χ4v) is 0.355. The van der Waals surface area contributed by atoms with E-state index in [1.807, 2.05) is 0 Å². The average molecular weight is 148 g/mol. The average Bonchev–Trinajstić information content (AvgIpc) is 1.81. The van der Waals surface area contributed by atoms with Gasteiger partial charge >= 0.3 is 12.0 Å². The maximum atomic E-state index is 10.2. The number of amides is 2. The van der Waals surface area contributed by atoms with E-state index in [1.54, 1.807) is 0 Å². The molecule has 0 spiro atoms. The van der Waals surface area contributed by atoms with Gasteiger partial charge in [-0.3, -0.25) is 9.63 Å². The Balaban J connectivity index is 3.83. The van der Waals surface area contributed by atoms with Crippen molar-refractivity contribution in [1.29, 1.82) is 0 Å². The van der Waals surface area contributed by atoms with E-state index < -0.39 is 18.5 Å². The van der Waals surface area contributed by atoms with E-state index in [-0.39, 0.29) is 0 Å². The van der Waals surface area contributed by atoms with Crippen LogP contribution in [-0.2, 0) is 9.63 Å². The third-order valence-electron chi connectivity index (χ3n) is 0.745. The zero-order valence-corrected chi connectivity index (χ0v) is 5.40. The van der Waals surface area contributed by atoms with Crippen LogP contribution in [0.25, 0.3) is 0 Å². The zero-order chi connectivity index (χ0) is 8.15. The molecule has 0 aliphatic carbocycles. The van der Waals surface area contributed by atoms with E-state index in [1.165, 1.54) is 0 Å². The first-order valence-corrected chi connectivity index (χ1v) is 2.40. The van der Waals surface area contributed by atoms with Crippen LogP contribution in [0.15, 0.2) is 0 Å². The highest BCUT2D eigenvalue weighted by atomic mass is 16.7. The fourth-order valence-electron chi connectivity index (χ4n) is 0.355. The zero-order valence-electron chi connectivity index (χ0n) is 5.40. The van der Waals surface area contributed by atoms with Crippen LogP contribution in [0.4, 0.5) is 4.79 Å². The van der Waals surface area contributed by atoms with Crippen LogP contribution in [-0.4, -0.2) is 35.8 Å². The number of nitrogens with two attached hydrogens (primary N) is 1. The van der Waals surface area contributed by atoms with Crippen LogP contribution >= 0.6 is 0 Å². The molecule has 0 atom stereocenters. The van der Waals surface area contributed by atoms with Gasteiger partial charge in [-0.1, -0.05) is 0 Å². The largest absolute Gasteiger partial charge is 0.480 e. The van der Waals surface area contributed by atoms with Gasteiger partial charge in [-0.2, -0.15) is 5.06 Å². The highest BCUT2D eigenvalue weighted by Gasteiger charge is 2.11. The van der Waals surface area contributed by atoms with E-state index in [0.29, 0.717) is 5.06 Å². The molecule has 0 aliphatic rings. The minimum atomic E-state index is -1.18. The van der Waals surface area contributed by atoms with Gasteiger partial charge in [0.15, 0.2) is 0 Å². The van der Waals surface area contributed by atoms with Gasteiger partial charge < -0.3 is 10.8 Å². The van der Waals surface area contributed by atoms with E-state index in [0.717, 1.165) is 7.11 Å². The molecule has 3 N–H and O–H groups in total. The summed E-state index contributed by atoms with van der Waals surface area (Å²) >= 11 is 0. The molecule has 6 nitrogen and oxygen atoms in total. The molecule has 0 aromatic heterocycles.